The smallest absolute Gasteiger partial charge is 0.322 e. The number of nitrogens with zero attached hydrogens (tertiary/aromatic N) is 1. The summed E-state index contributed by atoms with van der Waals surface area (Å²) in [7, 11) is 8.93. The van der Waals surface area contributed by atoms with E-state index in [0.29, 0.717) is 47.4 Å². The molecule has 2 amide bonds. The van der Waals surface area contributed by atoms with Crippen molar-refractivity contribution in [1.82, 2.24) is 4.90 Å². The van der Waals surface area contributed by atoms with E-state index in [1.54, 1.807) is 30.2 Å². The number of urea groups is 1. The molecule has 0 aliphatic carbocycles. The summed E-state index contributed by atoms with van der Waals surface area (Å²) in [5.41, 5.74) is 2.23. The molecule has 0 spiro atoms. The van der Waals surface area contributed by atoms with Gasteiger partial charge in [-0.15, -0.1) is 0 Å². The number of carbonyl (C=O) groups is 2. The lowest BCUT2D eigenvalue weighted by Crippen LogP contribution is -2.43. The van der Waals surface area contributed by atoms with E-state index in [-0.39, 0.29) is 12.5 Å². The summed E-state index contributed by atoms with van der Waals surface area (Å²) < 4.78 is 31.8. The fraction of sp³-hybridized carbons (Fsp3) is 0.417. The molecule has 1 aliphatic heterocycles. The van der Waals surface area contributed by atoms with Crippen LogP contribution in [0.3, 0.4) is 0 Å². The molecule has 10 heteroatoms. The van der Waals surface area contributed by atoms with Gasteiger partial charge in [0.25, 0.3) is 0 Å². The van der Waals surface area contributed by atoms with Crippen molar-refractivity contribution in [3.8, 4) is 28.7 Å². The minimum atomic E-state index is -0.557. The number of benzene rings is 2. The lowest BCUT2D eigenvalue weighted by molar-refractivity contribution is -0.141. The summed E-state index contributed by atoms with van der Waals surface area (Å²) in [4.78, 5) is 27.2. The van der Waals surface area contributed by atoms with Gasteiger partial charge >= 0.3 is 12.0 Å². The first kappa shape index (κ1) is 24.8. The topological polar surface area (TPSA) is 105 Å². The average Bonchev–Trinajstić information content (AvgIpc) is 2.86. The van der Waals surface area contributed by atoms with E-state index in [4.69, 9.17) is 28.4 Å². The van der Waals surface area contributed by atoms with Crippen LogP contribution >= 0.6 is 0 Å². The molecule has 1 atom stereocenters. The van der Waals surface area contributed by atoms with Crippen LogP contribution in [0.15, 0.2) is 24.3 Å². The van der Waals surface area contributed by atoms with Crippen molar-refractivity contribution in [2.75, 3.05) is 54.5 Å². The number of nitrogens with one attached hydrogen (secondary N) is 1. The number of fused-ring (bicyclic) bond motifs is 1. The van der Waals surface area contributed by atoms with Gasteiger partial charge < -0.3 is 38.6 Å². The molecule has 1 heterocycles. The van der Waals surface area contributed by atoms with Crippen LogP contribution in [0.25, 0.3) is 0 Å². The van der Waals surface area contributed by atoms with Gasteiger partial charge in [-0.05, 0) is 29.7 Å². The van der Waals surface area contributed by atoms with Crippen molar-refractivity contribution in [1.29, 1.82) is 0 Å². The van der Waals surface area contributed by atoms with Gasteiger partial charge in [0.05, 0.1) is 60.8 Å². The molecule has 0 saturated heterocycles. The fourth-order valence-corrected chi connectivity index (χ4v) is 4.08. The molecule has 3 rings (SSSR count). The van der Waals surface area contributed by atoms with Gasteiger partial charge in [0, 0.05) is 18.7 Å². The minimum absolute atomic E-state index is 0.0122. The molecule has 2 aromatic carbocycles. The number of amides is 2. The fourth-order valence-electron chi connectivity index (χ4n) is 4.08. The maximum absolute atomic E-state index is 13.4. The number of ether oxygens (including phenoxy) is 6. The second-order valence-corrected chi connectivity index (χ2v) is 7.49. The Bertz CT molecular complexity index is 1030. The normalized spacial score (nSPS) is 14.5. The van der Waals surface area contributed by atoms with Crippen LogP contribution in [0.4, 0.5) is 10.5 Å². The number of methoxy groups -OCH3 is 6. The molecule has 0 saturated carbocycles. The Balaban J connectivity index is 1.96. The predicted molar refractivity (Wildman–Crippen MR) is 124 cm³/mol. The SMILES string of the molecule is COC(=O)C[C@@H]1c2cc(OC)c(OC)cc2CCN1C(=O)Nc1cc(OC)c(OC)c(OC)c1. The number of hydrogen-bond acceptors (Lipinski definition) is 8. The summed E-state index contributed by atoms with van der Waals surface area (Å²) in [6, 6.07) is 6.02. The largest absolute Gasteiger partial charge is 0.493 e. The third kappa shape index (κ3) is 4.90. The molecular weight excluding hydrogens is 444 g/mol. The van der Waals surface area contributed by atoms with Crippen molar-refractivity contribution in [3.63, 3.8) is 0 Å². The predicted octanol–water partition coefficient (Wildman–Crippen LogP) is 3.42. The molecule has 1 N–H and O–H groups in total. The Morgan fingerprint density at radius 2 is 1.44 bits per heavy atom. The monoisotopic (exact) mass is 474 g/mol. The van der Waals surface area contributed by atoms with E-state index in [2.05, 4.69) is 5.32 Å². The maximum atomic E-state index is 13.4. The van der Waals surface area contributed by atoms with Gasteiger partial charge in [-0.2, -0.15) is 0 Å². The summed E-state index contributed by atoms with van der Waals surface area (Å²) in [6.45, 7) is 0.389. The molecular formula is C24H30N2O8. The van der Waals surface area contributed by atoms with Crippen LogP contribution in [0.5, 0.6) is 28.7 Å². The highest BCUT2D eigenvalue weighted by atomic mass is 16.5. The highest BCUT2D eigenvalue weighted by molar-refractivity contribution is 5.91. The minimum Gasteiger partial charge on any atom is -0.493 e. The average molecular weight is 475 g/mol. The van der Waals surface area contributed by atoms with Gasteiger partial charge in [-0.3, -0.25) is 4.79 Å². The molecule has 184 valence electrons. The zero-order valence-electron chi connectivity index (χ0n) is 20.2. The summed E-state index contributed by atoms with van der Waals surface area (Å²) in [6.07, 6.45) is 0.567. The molecule has 10 nitrogen and oxygen atoms in total. The van der Waals surface area contributed by atoms with E-state index >= 15 is 0 Å². The Kier molecular flexibility index (Phi) is 7.93. The Hall–Kier alpha value is -3.82. The van der Waals surface area contributed by atoms with Crippen LogP contribution in [0.1, 0.15) is 23.6 Å². The first-order valence-electron chi connectivity index (χ1n) is 10.6. The zero-order chi connectivity index (χ0) is 24.8. The molecule has 34 heavy (non-hydrogen) atoms. The number of anilines is 1. The highest BCUT2D eigenvalue weighted by Crippen LogP contribution is 2.42. The molecule has 0 unspecified atom stereocenters. The van der Waals surface area contributed by atoms with Crippen molar-refractivity contribution >= 4 is 17.7 Å². The zero-order valence-corrected chi connectivity index (χ0v) is 20.2. The molecule has 0 radical (unpaired) electrons. The van der Waals surface area contributed by atoms with Crippen LogP contribution in [0.2, 0.25) is 0 Å². The van der Waals surface area contributed by atoms with E-state index < -0.39 is 12.0 Å². The van der Waals surface area contributed by atoms with Crippen molar-refractivity contribution in [3.05, 3.63) is 35.4 Å². The Labute approximate surface area is 198 Å². The third-order valence-electron chi connectivity index (χ3n) is 5.77. The molecule has 0 bridgehead atoms. The second kappa shape index (κ2) is 10.9. The molecule has 0 fully saturated rings. The number of hydrogen-bond donors (Lipinski definition) is 1. The lowest BCUT2D eigenvalue weighted by atomic mass is 9.90. The van der Waals surface area contributed by atoms with Gasteiger partial charge in [0.15, 0.2) is 23.0 Å². The van der Waals surface area contributed by atoms with E-state index in [9.17, 15) is 9.59 Å². The van der Waals surface area contributed by atoms with Gasteiger partial charge in [0.1, 0.15) is 0 Å². The van der Waals surface area contributed by atoms with E-state index in [0.717, 1.165) is 11.1 Å². The van der Waals surface area contributed by atoms with E-state index in [1.165, 1.54) is 35.5 Å². The number of carbonyl (C=O) groups excluding carboxylic acids is 2. The van der Waals surface area contributed by atoms with Crippen molar-refractivity contribution < 1.29 is 38.0 Å². The van der Waals surface area contributed by atoms with E-state index in [1.807, 2.05) is 6.07 Å². The Morgan fingerprint density at radius 3 is 1.97 bits per heavy atom. The van der Waals surface area contributed by atoms with Crippen LogP contribution < -0.4 is 29.0 Å². The van der Waals surface area contributed by atoms with Gasteiger partial charge in [-0.25, -0.2) is 4.79 Å². The standard InChI is InChI=1S/C24H30N2O8/c1-29-18-9-14-7-8-26(17(13-22(27)33-5)16(14)12-19(18)30-2)24(28)25-15-10-20(31-3)23(34-6)21(11-15)32-4/h9-12,17H,7-8,13H2,1-6H3,(H,25,28)/t17-/m1/s1. The highest BCUT2D eigenvalue weighted by Gasteiger charge is 2.34. The summed E-state index contributed by atoms with van der Waals surface area (Å²) >= 11 is 0. The van der Waals surface area contributed by atoms with Crippen LogP contribution in [-0.2, 0) is 16.0 Å². The molecule has 1 aliphatic rings. The first-order chi connectivity index (χ1) is 16.4. The lowest BCUT2D eigenvalue weighted by Gasteiger charge is -2.37. The summed E-state index contributed by atoms with van der Waals surface area (Å²) in [5.74, 6) is 1.90. The second-order valence-electron chi connectivity index (χ2n) is 7.49. The van der Waals surface area contributed by atoms with Gasteiger partial charge in [0.2, 0.25) is 5.75 Å². The Morgan fingerprint density at radius 1 is 0.853 bits per heavy atom. The first-order valence-corrected chi connectivity index (χ1v) is 10.6. The number of esters is 1. The quantitative estimate of drug-likeness (QED) is 0.581. The van der Waals surface area contributed by atoms with Crippen LogP contribution in [0, 0.1) is 0 Å². The number of rotatable bonds is 8. The third-order valence-corrected chi connectivity index (χ3v) is 5.77. The molecule has 0 aromatic heterocycles. The van der Waals surface area contributed by atoms with Crippen LogP contribution in [-0.4, -0.2) is 66.1 Å². The van der Waals surface area contributed by atoms with Crippen molar-refractivity contribution in [2.24, 2.45) is 0 Å². The maximum Gasteiger partial charge on any atom is 0.322 e. The molecule has 2 aromatic rings. The van der Waals surface area contributed by atoms with Gasteiger partial charge in [-0.1, -0.05) is 0 Å². The van der Waals surface area contributed by atoms with Crippen molar-refractivity contribution in [2.45, 2.75) is 18.9 Å². The summed E-state index contributed by atoms with van der Waals surface area (Å²) in [5, 5.41) is 2.88.